The Bertz CT molecular complexity index is 1220. The van der Waals surface area contributed by atoms with Gasteiger partial charge in [0, 0.05) is 29.0 Å². The van der Waals surface area contributed by atoms with Crippen LogP contribution in [-0.2, 0) is 13.0 Å². The van der Waals surface area contributed by atoms with Crippen molar-refractivity contribution >= 4 is 39.4 Å². The molecule has 144 valence electrons. The number of nitrogens with zero attached hydrogens (tertiary/aromatic N) is 3. The second-order valence-electron chi connectivity index (χ2n) is 6.72. The second-order valence-corrected chi connectivity index (χ2v) is 7.80. The van der Waals surface area contributed by atoms with Crippen molar-refractivity contribution in [1.82, 2.24) is 14.9 Å². The highest BCUT2D eigenvalue weighted by molar-refractivity contribution is 7.15. The summed E-state index contributed by atoms with van der Waals surface area (Å²) in [5.74, 6) is -0.241. The molecule has 2 aromatic heterocycles. The zero-order chi connectivity index (χ0) is 19.8. The number of aromatic nitrogens is 2. The third-order valence-electron chi connectivity index (χ3n) is 4.85. The number of amides is 2. The van der Waals surface area contributed by atoms with Crippen LogP contribution in [0.2, 0.25) is 0 Å². The Morgan fingerprint density at radius 2 is 1.97 bits per heavy atom. The predicted molar refractivity (Wildman–Crippen MR) is 109 cm³/mol. The van der Waals surface area contributed by atoms with E-state index in [1.54, 1.807) is 18.2 Å². The number of rotatable bonds is 3. The number of carbonyl (C=O) groups excluding carboxylic acids is 2. The molecule has 0 fully saturated rings. The van der Waals surface area contributed by atoms with E-state index in [1.807, 2.05) is 35.2 Å². The van der Waals surface area contributed by atoms with E-state index in [9.17, 15) is 9.59 Å². The van der Waals surface area contributed by atoms with Gasteiger partial charge < -0.3 is 9.32 Å². The molecule has 0 radical (unpaired) electrons. The van der Waals surface area contributed by atoms with Gasteiger partial charge in [0.1, 0.15) is 5.52 Å². The van der Waals surface area contributed by atoms with E-state index >= 15 is 0 Å². The molecule has 0 saturated carbocycles. The molecule has 0 spiro atoms. The van der Waals surface area contributed by atoms with E-state index < -0.39 is 0 Å². The van der Waals surface area contributed by atoms with Crippen molar-refractivity contribution in [2.45, 2.75) is 13.0 Å². The monoisotopic (exact) mass is 404 g/mol. The van der Waals surface area contributed by atoms with Crippen molar-refractivity contribution in [3.63, 3.8) is 0 Å². The lowest BCUT2D eigenvalue weighted by atomic mass is 10.1. The molecule has 1 aliphatic rings. The van der Waals surface area contributed by atoms with Crippen molar-refractivity contribution in [2.24, 2.45) is 0 Å². The standard InChI is InChI=1S/C21H16N4O3S/c26-19(14-6-7-17-16(10-14)22-12-28-17)24-21-23-15-8-9-25(11-18(15)29-21)20(27)13-4-2-1-3-5-13/h1-7,10,12H,8-9,11H2,(H,23,24,26). The fourth-order valence-electron chi connectivity index (χ4n) is 3.35. The largest absolute Gasteiger partial charge is 0.443 e. The molecule has 1 N–H and O–H groups in total. The summed E-state index contributed by atoms with van der Waals surface area (Å²) in [6.45, 7) is 1.11. The Balaban J connectivity index is 1.31. The number of carbonyl (C=O) groups is 2. The highest BCUT2D eigenvalue weighted by atomic mass is 32.1. The van der Waals surface area contributed by atoms with Gasteiger partial charge in [-0.05, 0) is 30.3 Å². The van der Waals surface area contributed by atoms with Crippen molar-refractivity contribution < 1.29 is 14.0 Å². The van der Waals surface area contributed by atoms with Gasteiger partial charge >= 0.3 is 0 Å². The summed E-state index contributed by atoms with van der Waals surface area (Å²) in [5, 5.41) is 3.39. The molecule has 0 unspecified atom stereocenters. The topological polar surface area (TPSA) is 88.3 Å². The van der Waals surface area contributed by atoms with Gasteiger partial charge in [-0.3, -0.25) is 14.9 Å². The summed E-state index contributed by atoms with van der Waals surface area (Å²) >= 11 is 1.41. The van der Waals surface area contributed by atoms with Crippen molar-refractivity contribution in [3.05, 3.63) is 76.6 Å². The van der Waals surface area contributed by atoms with Crippen LogP contribution in [0.4, 0.5) is 5.13 Å². The molecule has 2 aromatic carbocycles. The zero-order valence-electron chi connectivity index (χ0n) is 15.3. The van der Waals surface area contributed by atoms with Gasteiger partial charge in [-0.2, -0.15) is 0 Å². The first-order chi connectivity index (χ1) is 14.2. The van der Waals surface area contributed by atoms with Gasteiger partial charge in [-0.25, -0.2) is 9.97 Å². The maximum atomic E-state index is 12.7. The number of thiazole rings is 1. The summed E-state index contributed by atoms with van der Waals surface area (Å²) in [7, 11) is 0. The van der Waals surface area contributed by atoms with Crippen molar-refractivity contribution in [3.8, 4) is 0 Å². The minimum absolute atomic E-state index is 0.0103. The quantitative estimate of drug-likeness (QED) is 0.562. The van der Waals surface area contributed by atoms with E-state index in [2.05, 4.69) is 15.3 Å². The molecule has 0 atom stereocenters. The third-order valence-corrected chi connectivity index (χ3v) is 5.85. The highest BCUT2D eigenvalue weighted by Crippen LogP contribution is 2.29. The second kappa shape index (κ2) is 7.14. The molecular weight excluding hydrogens is 388 g/mol. The lowest BCUT2D eigenvalue weighted by Gasteiger charge is -2.26. The zero-order valence-corrected chi connectivity index (χ0v) is 16.1. The average Bonchev–Trinajstić information content (AvgIpc) is 3.38. The fourth-order valence-corrected chi connectivity index (χ4v) is 4.37. The number of benzene rings is 2. The Hall–Kier alpha value is -3.52. The molecule has 29 heavy (non-hydrogen) atoms. The van der Waals surface area contributed by atoms with E-state index in [0.717, 1.165) is 10.6 Å². The predicted octanol–water partition coefficient (Wildman–Crippen LogP) is 3.74. The lowest BCUT2D eigenvalue weighted by Crippen LogP contribution is -2.35. The molecule has 0 bridgehead atoms. The Kier molecular flexibility index (Phi) is 4.33. The van der Waals surface area contributed by atoms with Crippen LogP contribution in [0, 0.1) is 0 Å². The van der Waals surface area contributed by atoms with Gasteiger partial charge in [0.2, 0.25) is 0 Å². The number of anilines is 1. The first kappa shape index (κ1) is 17.6. The molecule has 5 rings (SSSR count). The van der Waals surface area contributed by atoms with Gasteiger partial charge in [0.15, 0.2) is 17.1 Å². The first-order valence-electron chi connectivity index (χ1n) is 9.15. The van der Waals surface area contributed by atoms with Crippen molar-refractivity contribution in [2.75, 3.05) is 11.9 Å². The maximum Gasteiger partial charge on any atom is 0.257 e. The molecular formula is C21H16N4O3S. The van der Waals surface area contributed by atoms with E-state index in [-0.39, 0.29) is 11.8 Å². The van der Waals surface area contributed by atoms with Gasteiger partial charge in [-0.1, -0.05) is 29.5 Å². The lowest BCUT2D eigenvalue weighted by molar-refractivity contribution is 0.0736. The number of hydrogen-bond donors (Lipinski definition) is 1. The van der Waals surface area contributed by atoms with E-state index in [0.29, 0.717) is 46.9 Å². The van der Waals surface area contributed by atoms with Crippen LogP contribution < -0.4 is 5.32 Å². The van der Waals surface area contributed by atoms with Crippen molar-refractivity contribution in [1.29, 1.82) is 0 Å². The molecule has 7 nitrogen and oxygen atoms in total. The maximum absolute atomic E-state index is 12.7. The van der Waals surface area contributed by atoms with Crippen LogP contribution in [0.1, 0.15) is 31.3 Å². The average molecular weight is 404 g/mol. The minimum Gasteiger partial charge on any atom is -0.443 e. The van der Waals surface area contributed by atoms with Crippen LogP contribution in [0.25, 0.3) is 11.1 Å². The van der Waals surface area contributed by atoms with Gasteiger partial charge in [0.25, 0.3) is 11.8 Å². The Morgan fingerprint density at radius 1 is 1.10 bits per heavy atom. The first-order valence-corrected chi connectivity index (χ1v) is 9.96. The number of hydrogen-bond acceptors (Lipinski definition) is 6. The minimum atomic E-state index is -0.252. The molecule has 3 heterocycles. The smallest absolute Gasteiger partial charge is 0.257 e. The van der Waals surface area contributed by atoms with Crippen LogP contribution in [0.5, 0.6) is 0 Å². The number of fused-ring (bicyclic) bond motifs is 2. The summed E-state index contributed by atoms with van der Waals surface area (Å²) in [6, 6.07) is 14.3. The molecule has 2 amide bonds. The fraction of sp³-hybridized carbons (Fsp3) is 0.143. The summed E-state index contributed by atoms with van der Waals surface area (Å²) in [6.07, 6.45) is 2.02. The molecule has 1 aliphatic heterocycles. The molecule has 0 saturated heterocycles. The highest BCUT2D eigenvalue weighted by Gasteiger charge is 2.25. The van der Waals surface area contributed by atoms with Gasteiger partial charge in [0.05, 0.1) is 12.2 Å². The summed E-state index contributed by atoms with van der Waals surface area (Å²) < 4.78 is 5.20. The summed E-state index contributed by atoms with van der Waals surface area (Å²) in [5.41, 5.74) is 3.37. The van der Waals surface area contributed by atoms with Crippen LogP contribution in [0.3, 0.4) is 0 Å². The van der Waals surface area contributed by atoms with Crippen LogP contribution in [-0.4, -0.2) is 33.2 Å². The molecule has 8 heteroatoms. The van der Waals surface area contributed by atoms with Crippen LogP contribution >= 0.6 is 11.3 Å². The normalized spacial score (nSPS) is 13.3. The van der Waals surface area contributed by atoms with Crippen LogP contribution in [0.15, 0.2) is 59.3 Å². The third kappa shape index (κ3) is 3.38. The summed E-state index contributed by atoms with van der Waals surface area (Å²) in [4.78, 5) is 36.7. The molecule has 0 aliphatic carbocycles. The Morgan fingerprint density at radius 3 is 2.83 bits per heavy atom. The number of oxazole rings is 1. The molecule has 4 aromatic rings. The number of nitrogens with one attached hydrogen (secondary N) is 1. The van der Waals surface area contributed by atoms with E-state index in [1.165, 1.54) is 17.7 Å². The SMILES string of the molecule is O=C(Nc1nc2c(s1)CN(C(=O)c1ccccc1)CC2)c1ccc2ocnc2c1. The van der Waals surface area contributed by atoms with Gasteiger partial charge in [-0.15, -0.1) is 0 Å². The van der Waals surface area contributed by atoms with E-state index in [4.69, 9.17) is 4.42 Å². The Labute approximate surface area is 170 Å².